The Bertz CT molecular complexity index is 1020. The van der Waals surface area contributed by atoms with Crippen molar-refractivity contribution in [1.82, 2.24) is 9.99 Å². The van der Waals surface area contributed by atoms with E-state index in [9.17, 15) is 13.2 Å². The number of hydrogen-bond donors (Lipinski definition) is 1. The van der Waals surface area contributed by atoms with E-state index in [0.717, 1.165) is 19.4 Å². The summed E-state index contributed by atoms with van der Waals surface area (Å²) >= 11 is 0. The van der Waals surface area contributed by atoms with E-state index in [-0.39, 0.29) is 29.8 Å². The number of ether oxygens (including phenoxy) is 2. The highest BCUT2D eigenvalue weighted by molar-refractivity contribution is 7.91. The topological polar surface area (TPSA) is 116 Å². The highest BCUT2D eigenvalue weighted by Gasteiger charge is 2.55. The molecule has 4 aliphatic rings. The molecule has 0 aromatic heterocycles. The molecule has 1 aromatic carbocycles. The minimum absolute atomic E-state index is 0.00322. The van der Waals surface area contributed by atoms with E-state index in [2.05, 4.69) is 15.0 Å². The molecule has 0 radical (unpaired) electrons. The maximum Gasteiger partial charge on any atom is 0.294 e. The fourth-order valence-electron chi connectivity index (χ4n) is 4.76. The molecule has 10 nitrogen and oxygen atoms in total. The highest BCUT2D eigenvalue weighted by atomic mass is 32.2. The number of aliphatic imine (C=N–C) groups is 1. The Morgan fingerprint density at radius 2 is 2.09 bits per heavy atom. The lowest BCUT2D eigenvalue weighted by Gasteiger charge is -2.27. The van der Waals surface area contributed by atoms with E-state index in [1.165, 1.54) is 6.92 Å². The molecule has 180 valence electrons. The Kier molecular flexibility index (Phi) is 6.45. The molecule has 5 rings (SSSR count). The number of nitrogens with zero attached hydrogens (tertiary/aromatic N) is 2. The zero-order valence-corrected chi connectivity index (χ0v) is 20.2. The minimum Gasteiger partial charge on any atom is -0.454 e. The summed E-state index contributed by atoms with van der Waals surface area (Å²) in [4.78, 5) is 16.0. The third-order valence-electron chi connectivity index (χ3n) is 6.30. The minimum atomic E-state index is -3.49. The van der Waals surface area contributed by atoms with Gasteiger partial charge in [0.2, 0.25) is 5.91 Å². The number of amidine groups is 1. The maximum absolute atomic E-state index is 13.0. The van der Waals surface area contributed by atoms with Crippen LogP contribution in [0.25, 0.3) is 0 Å². The number of hydrogen-bond acceptors (Lipinski definition) is 9. The van der Waals surface area contributed by atoms with Crippen LogP contribution in [0.4, 0.5) is 0 Å². The van der Waals surface area contributed by atoms with Crippen molar-refractivity contribution in [2.75, 3.05) is 12.3 Å². The normalized spacial score (nSPS) is 35.7. The first-order valence-corrected chi connectivity index (χ1v) is 14.0. The Morgan fingerprint density at radius 3 is 2.82 bits per heavy atom. The first kappa shape index (κ1) is 23.1. The SMILES string of the molecule is CC[C@H]1O[C@H]2N=C(NC(C)=O)O[C@@H]2C1O[P@@]1O[C@H](CS(=O)(=O)c2ccccc2)[C@@H]2CCCN21. The van der Waals surface area contributed by atoms with Gasteiger partial charge in [-0.1, -0.05) is 25.1 Å². The van der Waals surface area contributed by atoms with Gasteiger partial charge >= 0.3 is 0 Å². The van der Waals surface area contributed by atoms with Crippen LogP contribution in [-0.4, -0.2) is 74.0 Å². The number of rotatable bonds is 6. The van der Waals surface area contributed by atoms with Gasteiger partial charge in [0.1, 0.15) is 6.10 Å². The lowest BCUT2D eigenvalue weighted by Crippen LogP contribution is -2.38. The van der Waals surface area contributed by atoms with Crippen LogP contribution < -0.4 is 5.32 Å². The van der Waals surface area contributed by atoms with Gasteiger partial charge < -0.3 is 18.5 Å². The van der Waals surface area contributed by atoms with Crippen molar-refractivity contribution in [1.29, 1.82) is 0 Å². The molecule has 3 fully saturated rings. The van der Waals surface area contributed by atoms with Gasteiger partial charge in [0.25, 0.3) is 14.5 Å². The number of fused-ring (bicyclic) bond motifs is 2. The van der Waals surface area contributed by atoms with Crippen LogP contribution in [-0.2, 0) is 33.2 Å². The number of carbonyl (C=O) groups excluding carboxylic acids is 1. The van der Waals surface area contributed by atoms with Crippen molar-refractivity contribution in [3.05, 3.63) is 30.3 Å². The zero-order chi connectivity index (χ0) is 23.2. The first-order valence-electron chi connectivity index (χ1n) is 11.2. The third-order valence-corrected chi connectivity index (χ3v) is 9.84. The van der Waals surface area contributed by atoms with Crippen LogP contribution in [0.1, 0.15) is 33.1 Å². The molecule has 1 N–H and O–H groups in total. The van der Waals surface area contributed by atoms with E-state index in [4.69, 9.17) is 18.5 Å². The fourth-order valence-corrected chi connectivity index (χ4v) is 8.36. The standard InChI is InChI=1S/C21H28N3O7PS/c1-3-16-18(19-20(28-16)23-21(29-19)22-13(2)25)31-32-24-11-7-10-15(24)17(30-32)12-33(26,27)14-8-5-4-6-9-14/h4-6,8-9,15-20H,3,7,10-12H2,1-2H3,(H,22,23,25)/t15-,16+,17+,18?,19+,20+,32+/m0/s1. The van der Waals surface area contributed by atoms with E-state index < -0.39 is 42.9 Å². The van der Waals surface area contributed by atoms with Crippen molar-refractivity contribution < 1.29 is 31.7 Å². The number of sulfone groups is 1. The molecule has 4 heterocycles. The second kappa shape index (κ2) is 9.20. The Morgan fingerprint density at radius 1 is 1.30 bits per heavy atom. The largest absolute Gasteiger partial charge is 0.454 e. The summed E-state index contributed by atoms with van der Waals surface area (Å²) in [6.45, 7) is 4.18. The van der Waals surface area contributed by atoms with Gasteiger partial charge in [-0.3, -0.25) is 10.1 Å². The van der Waals surface area contributed by atoms with Crippen LogP contribution in [0.15, 0.2) is 40.2 Å². The van der Waals surface area contributed by atoms with Crippen molar-refractivity contribution in [3.8, 4) is 0 Å². The molecule has 1 unspecified atom stereocenters. The maximum atomic E-state index is 13.0. The van der Waals surface area contributed by atoms with E-state index in [0.29, 0.717) is 11.3 Å². The van der Waals surface area contributed by atoms with Gasteiger partial charge in [-0.15, -0.1) is 0 Å². The van der Waals surface area contributed by atoms with E-state index in [1.54, 1.807) is 30.3 Å². The quantitative estimate of drug-likeness (QED) is 0.593. The molecule has 0 bridgehead atoms. The molecule has 0 saturated carbocycles. The predicted octanol–water partition coefficient (Wildman–Crippen LogP) is 1.96. The summed E-state index contributed by atoms with van der Waals surface area (Å²) in [5.74, 6) is -0.360. The molecule has 4 aliphatic heterocycles. The lowest BCUT2D eigenvalue weighted by molar-refractivity contribution is -0.118. The number of benzene rings is 1. The van der Waals surface area contributed by atoms with Crippen molar-refractivity contribution >= 4 is 30.3 Å². The average molecular weight is 498 g/mol. The van der Waals surface area contributed by atoms with Crippen LogP contribution in [0.5, 0.6) is 0 Å². The van der Waals surface area contributed by atoms with Gasteiger partial charge in [0.05, 0.1) is 22.9 Å². The van der Waals surface area contributed by atoms with E-state index in [1.807, 2.05) is 6.92 Å². The molecule has 3 saturated heterocycles. The van der Waals surface area contributed by atoms with E-state index >= 15 is 0 Å². The van der Waals surface area contributed by atoms with Gasteiger partial charge in [-0.05, 0) is 31.4 Å². The number of nitrogens with one attached hydrogen (secondary N) is 1. The predicted molar refractivity (Wildman–Crippen MR) is 120 cm³/mol. The molecular weight excluding hydrogens is 469 g/mol. The molecule has 0 aliphatic carbocycles. The zero-order valence-electron chi connectivity index (χ0n) is 18.5. The second-order valence-electron chi connectivity index (χ2n) is 8.59. The molecule has 0 spiro atoms. The summed E-state index contributed by atoms with van der Waals surface area (Å²) in [5, 5.41) is 2.55. The molecule has 12 heteroatoms. The summed E-state index contributed by atoms with van der Waals surface area (Å²) in [6.07, 6.45) is 0.359. The van der Waals surface area contributed by atoms with Gasteiger partial charge in [-0.2, -0.15) is 4.99 Å². The van der Waals surface area contributed by atoms with Crippen molar-refractivity contribution in [3.63, 3.8) is 0 Å². The highest BCUT2D eigenvalue weighted by Crippen LogP contribution is 2.58. The fraction of sp³-hybridized carbons (Fsp3) is 0.619. The van der Waals surface area contributed by atoms with Gasteiger partial charge in [0, 0.05) is 19.5 Å². The molecule has 33 heavy (non-hydrogen) atoms. The van der Waals surface area contributed by atoms with Crippen molar-refractivity contribution in [2.45, 2.75) is 74.7 Å². The number of carbonyl (C=O) groups is 1. The monoisotopic (exact) mass is 497 g/mol. The first-order chi connectivity index (χ1) is 15.9. The Balaban J connectivity index is 1.29. The van der Waals surface area contributed by atoms with Gasteiger partial charge in [-0.25, -0.2) is 13.1 Å². The molecule has 1 amide bonds. The summed E-state index contributed by atoms with van der Waals surface area (Å²) in [6, 6.07) is 8.60. The number of amides is 1. The van der Waals surface area contributed by atoms with Crippen molar-refractivity contribution in [2.24, 2.45) is 4.99 Å². The smallest absolute Gasteiger partial charge is 0.294 e. The Labute approximate surface area is 194 Å². The summed E-state index contributed by atoms with van der Waals surface area (Å²) < 4.78 is 52.6. The summed E-state index contributed by atoms with van der Waals surface area (Å²) in [5.41, 5.74) is 0. The second-order valence-corrected chi connectivity index (χ2v) is 12.0. The van der Waals surface area contributed by atoms with Crippen LogP contribution in [0, 0.1) is 0 Å². The van der Waals surface area contributed by atoms with Crippen LogP contribution in [0.3, 0.4) is 0 Å². The molecule has 7 atom stereocenters. The molecular formula is C21H28N3O7PS. The molecule has 1 aromatic rings. The van der Waals surface area contributed by atoms with Crippen LogP contribution in [0.2, 0.25) is 0 Å². The summed E-state index contributed by atoms with van der Waals surface area (Å²) in [7, 11) is -4.96. The lowest BCUT2D eigenvalue weighted by atomic mass is 10.1. The van der Waals surface area contributed by atoms with Crippen LogP contribution >= 0.6 is 8.53 Å². The van der Waals surface area contributed by atoms with Gasteiger partial charge in [0.15, 0.2) is 22.2 Å². The Hall–Kier alpha value is -1.62. The average Bonchev–Trinajstić information content (AvgIpc) is 3.52. The third kappa shape index (κ3) is 4.54.